The molecule has 0 radical (unpaired) electrons. The summed E-state index contributed by atoms with van der Waals surface area (Å²) in [5.74, 6) is 1.57. The summed E-state index contributed by atoms with van der Waals surface area (Å²) in [4.78, 5) is 0. The first-order valence-electron chi connectivity index (χ1n) is 9.75. The number of para-hydroxylation sites is 1. The van der Waals surface area contributed by atoms with E-state index in [1.165, 1.54) is 5.56 Å². The average Bonchev–Trinajstić information content (AvgIpc) is 2.67. The van der Waals surface area contributed by atoms with Gasteiger partial charge in [-0.05, 0) is 62.6 Å². The number of benzene rings is 1. The molecule has 0 amide bonds. The zero-order chi connectivity index (χ0) is 18.4. The molecule has 0 bridgehead atoms. The Bertz CT molecular complexity index is 550. The molecule has 26 heavy (non-hydrogen) atoms. The third-order valence-corrected chi connectivity index (χ3v) is 6.30. The van der Waals surface area contributed by atoms with Crippen LogP contribution in [0.15, 0.2) is 24.3 Å². The molecule has 0 aromatic heterocycles. The molecule has 1 saturated heterocycles. The highest BCUT2D eigenvalue weighted by Gasteiger charge is 2.30. The maximum Gasteiger partial charge on any atom is 0.122 e. The molecule has 1 unspecified atom stereocenters. The molecule has 3 atom stereocenters. The fourth-order valence-electron chi connectivity index (χ4n) is 4.27. The zero-order valence-corrected chi connectivity index (χ0v) is 16.7. The van der Waals surface area contributed by atoms with E-state index in [0.717, 1.165) is 50.8 Å². The van der Waals surface area contributed by atoms with Gasteiger partial charge in [-0.2, -0.15) is 0 Å². The molecule has 1 aromatic carbocycles. The Balaban J connectivity index is 1.46. The van der Waals surface area contributed by atoms with Gasteiger partial charge in [0.05, 0.1) is 31.9 Å². The number of methoxy groups -OCH3 is 1. The van der Waals surface area contributed by atoms with Crippen LogP contribution in [0.5, 0.6) is 5.75 Å². The third kappa shape index (κ3) is 5.36. The summed E-state index contributed by atoms with van der Waals surface area (Å²) in [6, 6.07) is 8.86. The second-order valence-electron chi connectivity index (χ2n) is 7.43. The normalized spacial score (nSPS) is 30.7. The molecule has 1 aromatic rings. The Morgan fingerprint density at radius 2 is 1.96 bits per heavy atom. The summed E-state index contributed by atoms with van der Waals surface area (Å²) in [6.07, 6.45) is 8.67. The van der Waals surface area contributed by atoms with E-state index in [1.807, 2.05) is 6.07 Å². The van der Waals surface area contributed by atoms with Crippen molar-refractivity contribution in [1.29, 1.82) is 0 Å². The topological polar surface area (TPSA) is 65.6 Å². The molecule has 2 fully saturated rings. The Morgan fingerprint density at radius 3 is 2.69 bits per heavy atom. The number of hydrogen-bond donors (Lipinski definition) is 2. The minimum Gasteiger partial charge on any atom is -0.598 e. The van der Waals surface area contributed by atoms with Crippen LogP contribution in [0.1, 0.15) is 50.0 Å². The molecule has 6 heteroatoms. The van der Waals surface area contributed by atoms with Crippen LogP contribution >= 0.6 is 0 Å². The fraction of sp³-hybridized carbons (Fsp3) is 0.700. The second-order valence-corrected chi connectivity index (χ2v) is 8.57. The van der Waals surface area contributed by atoms with Crippen molar-refractivity contribution in [3.05, 3.63) is 29.8 Å². The highest BCUT2D eigenvalue weighted by atomic mass is 32.2. The van der Waals surface area contributed by atoms with Crippen LogP contribution in [-0.4, -0.2) is 49.3 Å². The van der Waals surface area contributed by atoms with E-state index in [0.29, 0.717) is 18.6 Å². The van der Waals surface area contributed by atoms with E-state index in [2.05, 4.69) is 28.2 Å². The minimum atomic E-state index is -0.979. The predicted molar refractivity (Wildman–Crippen MR) is 106 cm³/mol. The van der Waals surface area contributed by atoms with Gasteiger partial charge in [-0.15, -0.1) is 4.72 Å². The zero-order valence-electron chi connectivity index (χ0n) is 15.9. The van der Waals surface area contributed by atoms with Crippen LogP contribution in [0.3, 0.4) is 0 Å². The van der Waals surface area contributed by atoms with Gasteiger partial charge in [-0.3, -0.25) is 0 Å². The molecule has 2 aliphatic rings. The van der Waals surface area contributed by atoms with E-state index in [1.54, 1.807) is 13.4 Å². The minimum absolute atomic E-state index is 0.236. The summed E-state index contributed by atoms with van der Waals surface area (Å²) in [6.45, 7) is 1.71. The molecular weight excluding hydrogens is 348 g/mol. The fourth-order valence-corrected chi connectivity index (χ4v) is 4.97. The summed E-state index contributed by atoms with van der Waals surface area (Å²) in [7, 11) is 1.75. The van der Waals surface area contributed by atoms with Gasteiger partial charge in [-0.1, -0.05) is 18.2 Å². The van der Waals surface area contributed by atoms with Gasteiger partial charge in [0.25, 0.3) is 0 Å². The highest BCUT2D eigenvalue weighted by Crippen LogP contribution is 2.38. The van der Waals surface area contributed by atoms with Gasteiger partial charge < -0.3 is 19.3 Å². The Labute approximate surface area is 160 Å². The lowest BCUT2D eigenvalue weighted by Crippen LogP contribution is -2.55. The molecule has 146 valence electrons. The summed E-state index contributed by atoms with van der Waals surface area (Å²) < 4.78 is 26.5. The van der Waals surface area contributed by atoms with E-state index in [4.69, 9.17) is 9.47 Å². The van der Waals surface area contributed by atoms with Gasteiger partial charge >= 0.3 is 0 Å². The van der Waals surface area contributed by atoms with Crippen LogP contribution in [0.25, 0.3) is 0 Å². The molecule has 1 aliphatic heterocycles. The Morgan fingerprint density at radius 1 is 1.19 bits per heavy atom. The lowest BCUT2D eigenvalue weighted by Gasteiger charge is -2.35. The second kappa shape index (κ2) is 9.95. The van der Waals surface area contributed by atoms with E-state index < -0.39 is 11.4 Å². The smallest absolute Gasteiger partial charge is 0.122 e. The molecule has 1 saturated carbocycles. The first kappa shape index (κ1) is 20.0. The standard InChI is InChI=1S/C20H32N2O3S/c1-24-20-8-4-3-6-17(20)15-9-11-16(12-10-15)25-14-19-18(22-26(2)23)7-5-13-21-19/h3-4,6,8,15-16,18-19,21-22H,5,7,9-14H2,1-2H3/t15-,16+,18-,19-,26?/m0/s1. The van der Waals surface area contributed by atoms with Gasteiger partial charge in [0.2, 0.25) is 0 Å². The maximum absolute atomic E-state index is 11.5. The third-order valence-electron chi connectivity index (χ3n) is 5.67. The highest BCUT2D eigenvalue weighted by molar-refractivity contribution is 7.88. The number of ether oxygens (including phenoxy) is 2. The van der Waals surface area contributed by atoms with Crippen molar-refractivity contribution in [2.45, 2.75) is 62.6 Å². The number of nitrogens with one attached hydrogen (secondary N) is 2. The Hall–Kier alpha value is -0.790. The van der Waals surface area contributed by atoms with Crippen molar-refractivity contribution in [3.8, 4) is 5.75 Å². The van der Waals surface area contributed by atoms with Crippen molar-refractivity contribution < 1.29 is 14.0 Å². The first-order chi connectivity index (χ1) is 12.7. The van der Waals surface area contributed by atoms with Gasteiger partial charge in [0.15, 0.2) is 0 Å². The number of rotatable bonds is 7. The summed E-state index contributed by atoms with van der Waals surface area (Å²) >= 11 is -0.979. The van der Waals surface area contributed by atoms with E-state index in [9.17, 15) is 4.55 Å². The van der Waals surface area contributed by atoms with Crippen LogP contribution < -0.4 is 14.8 Å². The first-order valence-corrected chi connectivity index (χ1v) is 11.3. The largest absolute Gasteiger partial charge is 0.598 e. The monoisotopic (exact) mass is 380 g/mol. The lowest BCUT2D eigenvalue weighted by atomic mass is 9.82. The molecule has 3 rings (SSSR count). The maximum atomic E-state index is 11.5. The number of piperidine rings is 1. The SMILES string of the molecule is COc1ccccc1[C@H]1CC[C@@H](OC[C@@H]2NCCC[C@@H]2N[S+](C)[O-])CC1. The van der Waals surface area contributed by atoms with Crippen molar-refractivity contribution in [2.24, 2.45) is 0 Å². The van der Waals surface area contributed by atoms with E-state index >= 15 is 0 Å². The van der Waals surface area contributed by atoms with Crippen LogP contribution in [0.2, 0.25) is 0 Å². The summed E-state index contributed by atoms with van der Waals surface area (Å²) in [5, 5.41) is 3.53. The molecule has 5 nitrogen and oxygen atoms in total. The molecule has 1 aliphatic carbocycles. The molecule has 2 N–H and O–H groups in total. The van der Waals surface area contributed by atoms with Gasteiger partial charge in [-0.25, -0.2) is 0 Å². The van der Waals surface area contributed by atoms with Gasteiger partial charge in [0, 0.05) is 11.4 Å². The lowest BCUT2D eigenvalue weighted by molar-refractivity contribution is 0.00513. The summed E-state index contributed by atoms with van der Waals surface area (Å²) in [5.41, 5.74) is 1.33. The van der Waals surface area contributed by atoms with Crippen molar-refractivity contribution in [1.82, 2.24) is 10.0 Å². The van der Waals surface area contributed by atoms with Crippen LogP contribution in [-0.2, 0) is 16.1 Å². The average molecular weight is 381 g/mol. The quantitative estimate of drug-likeness (QED) is 0.712. The van der Waals surface area contributed by atoms with Gasteiger partial charge in [0.1, 0.15) is 12.0 Å². The van der Waals surface area contributed by atoms with Crippen molar-refractivity contribution >= 4 is 11.4 Å². The van der Waals surface area contributed by atoms with Crippen LogP contribution in [0, 0.1) is 0 Å². The molecule has 1 heterocycles. The number of hydrogen-bond acceptors (Lipinski definition) is 5. The molecular formula is C20H32N2O3S. The molecule has 0 spiro atoms. The Kier molecular flexibility index (Phi) is 7.64. The van der Waals surface area contributed by atoms with E-state index in [-0.39, 0.29) is 12.1 Å². The van der Waals surface area contributed by atoms with Crippen molar-refractivity contribution in [2.75, 3.05) is 26.5 Å². The van der Waals surface area contributed by atoms with Crippen molar-refractivity contribution in [3.63, 3.8) is 0 Å². The van der Waals surface area contributed by atoms with Crippen LogP contribution in [0.4, 0.5) is 0 Å². The predicted octanol–water partition coefficient (Wildman–Crippen LogP) is 2.74.